The van der Waals surface area contributed by atoms with Crippen molar-refractivity contribution in [1.29, 1.82) is 0 Å². The van der Waals surface area contributed by atoms with E-state index in [4.69, 9.17) is 10.2 Å². The standard InChI is InChI=1S/C6H4F6O2.C3H4O2/c1-2(3(13)14)5(9,10)6(11,12)4(7)8;1-2-3(4)5/h4H,1H2,(H,13,14);2H,1H2,(H,4,5). The maximum absolute atomic E-state index is 12.4. The van der Waals surface area contributed by atoms with E-state index in [9.17, 15) is 35.9 Å². The van der Waals surface area contributed by atoms with Gasteiger partial charge in [0.2, 0.25) is 0 Å². The highest BCUT2D eigenvalue weighted by Gasteiger charge is 2.65. The second-order valence-electron chi connectivity index (χ2n) is 2.82. The van der Waals surface area contributed by atoms with Crippen LogP contribution in [-0.2, 0) is 9.59 Å². The maximum Gasteiger partial charge on any atom is 0.373 e. The molecule has 10 heteroatoms. The minimum Gasteiger partial charge on any atom is -0.478 e. The smallest absolute Gasteiger partial charge is 0.373 e. The third-order valence-electron chi connectivity index (χ3n) is 1.50. The summed E-state index contributed by atoms with van der Waals surface area (Å²) in [6.45, 7) is 5.07. The SMILES string of the molecule is C=C(C(=O)O)C(F)(F)C(F)(F)C(F)F.C=CC(=O)O. The Morgan fingerprint density at radius 3 is 1.58 bits per heavy atom. The molecule has 0 aromatic rings. The second-order valence-corrected chi connectivity index (χ2v) is 2.82. The van der Waals surface area contributed by atoms with E-state index in [1.165, 1.54) is 0 Å². The predicted molar refractivity (Wildman–Crippen MR) is 50.5 cm³/mol. The Labute approximate surface area is 102 Å². The zero-order valence-electron chi connectivity index (χ0n) is 9.05. The van der Waals surface area contributed by atoms with Crippen molar-refractivity contribution in [2.75, 3.05) is 0 Å². The molecule has 0 heterocycles. The van der Waals surface area contributed by atoms with Crippen molar-refractivity contribution in [1.82, 2.24) is 0 Å². The average molecular weight is 294 g/mol. The Kier molecular flexibility index (Phi) is 6.93. The molecule has 0 atom stereocenters. The van der Waals surface area contributed by atoms with Crippen LogP contribution in [0.15, 0.2) is 24.8 Å². The van der Waals surface area contributed by atoms with Crippen molar-refractivity contribution in [3.8, 4) is 0 Å². The summed E-state index contributed by atoms with van der Waals surface area (Å²) in [6, 6.07) is 0. The lowest BCUT2D eigenvalue weighted by Crippen LogP contribution is -2.48. The van der Waals surface area contributed by atoms with Gasteiger partial charge in [-0.15, -0.1) is 0 Å². The van der Waals surface area contributed by atoms with E-state index < -0.39 is 35.8 Å². The summed E-state index contributed by atoms with van der Waals surface area (Å²) >= 11 is 0. The summed E-state index contributed by atoms with van der Waals surface area (Å²) in [5.74, 6) is -14.7. The van der Waals surface area contributed by atoms with E-state index in [0.29, 0.717) is 0 Å². The average Bonchev–Trinajstić information content (AvgIpc) is 2.27. The molecule has 0 aliphatic rings. The highest BCUT2D eigenvalue weighted by atomic mass is 19.3. The fourth-order valence-corrected chi connectivity index (χ4v) is 0.473. The van der Waals surface area contributed by atoms with Gasteiger partial charge in [-0.3, -0.25) is 0 Å². The molecule has 0 aromatic carbocycles. The van der Waals surface area contributed by atoms with Gasteiger partial charge in [-0.2, -0.15) is 17.6 Å². The lowest BCUT2D eigenvalue weighted by Gasteiger charge is -2.25. The molecular formula is C9H8F6O4. The third-order valence-corrected chi connectivity index (χ3v) is 1.50. The van der Waals surface area contributed by atoms with E-state index in [-0.39, 0.29) is 0 Å². The number of hydrogen-bond acceptors (Lipinski definition) is 2. The fourth-order valence-electron chi connectivity index (χ4n) is 0.473. The van der Waals surface area contributed by atoms with Crippen LogP contribution in [0.5, 0.6) is 0 Å². The highest BCUT2D eigenvalue weighted by Crippen LogP contribution is 2.43. The van der Waals surface area contributed by atoms with Gasteiger partial charge in [0.1, 0.15) is 5.57 Å². The fraction of sp³-hybridized carbons (Fsp3) is 0.333. The first-order valence-electron chi connectivity index (χ1n) is 4.14. The van der Waals surface area contributed by atoms with Crippen molar-refractivity contribution in [3.63, 3.8) is 0 Å². The predicted octanol–water partition coefficient (Wildman–Crippen LogP) is 2.42. The minimum atomic E-state index is -5.75. The molecule has 0 fully saturated rings. The summed E-state index contributed by atoms with van der Waals surface area (Å²) in [6.07, 6.45) is -3.84. The molecule has 0 rings (SSSR count). The van der Waals surface area contributed by atoms with Gasteiger partial charge < -0.3 is 10.2 Å². The highest BCUT2D eigenvalue weighted by molar-refractivity contribution is 5.88. The van der Waals surface area contributed by atoms with Crippen LogP contribution in [0.4, 0.5) is 26.3 Å². The van der Waals surface area contributed by atoms with Crippen molar-refractivity contribution in [2.24, 2.45) is 0 Å². The Bertz CT molecular complexity index is 377. The van der Waals surface area contributed by atoms with E-state index in [1.807, 2.05) is 0 Å². The van der Waals surface area contributed by atoms with E-state index in [0.717, 1.165) is 6.08 Å². The normalized spacial score (nSPS) is 11.3. The van der Waals surface area contributed by atoms with E-state index in [2.05, 4.69) is 13.2 Å². The molecule has 4 nitrogen and oxygen atoms in total. The maximum atomic E-state index is 12.4. The van der Waals surface area contributed by atoms with E-state index >= 15 is 0 Å². The first kappa shape index (κ1) is 19.3. The molecule has 0 amide bonds. The molecule has 0 aliphatic carbocycles. The summed E-state index contributed by atoms with van der Waals surface area (Å²) in [7, 11) is 0. The number of alkyl halides is 6. The molecule has 0 unspecified atom stereocenters. The number of carbonyl (C=O) groups is 2. The molecular weight excluding hydrogens is 286 g/mol. The first-order valence-corrected chi connectivity index (χ1v) is 4.14. The molecule has 0 bridgehead atoms. The first-order chi connectivity index (χ1) is 8.32. The van der Waals surface area contributed by atoms with Crippen LogP contribution in [-0.4, -0.2) is 40.4 Å². The van der Waals surface area contributed by atoms with Crippen molar-refractivity contribution < 1.29 is 46.1 Å². The summed E-state index contributed by atoms with van der Waals surface area (Å²) < 4.78 is 71.9. The number of hydrogen-bond donors (Lipinski definition) is 2. The Morgan fingerprint density at radius 1 is 1.11 bits per heavy atom. The second kappa shape index (κ2) is 6.81. The molecule has 2 N–H and O–H groups in total. The quantitative estimate of drug-likeness (QED) is 0.603. The molecule has 110 valence electrons. The topological polar surface area (TPSA) is 74.6 Å². The summed E-state index contributed by atoms with van der Waals surface area (Å²) in [5.41, 5.74) is -2.28. The number of carboxylic acid groups (broad SMARTS) is 2. The zero-order chi connectivity index (χ0) is 16.0. The van der Waals surface area contributed by atoms with Gasteiger partial charge in [-0.1, -0.05) is 13.2 Å². The largest absolute Gasteiger partial charge is 0.478 e. The zero-order valence-corrected chi connectivity index (χ0v) is 9.05. The summed E-state index contributed by atoms with van der Waals surface area (Å²) in [5, 5.41) is 15.5. The van der Waals surface area contributed by atoms with Gasteiger partial charge in [0, 0.05) is 6.08 Å². The molecule has 0 aliphatic heterocycles. The molecule has 0 spiro atoms. The van der Waals surface area contributed by atoms with Crippen LogP contribution in [0.2, 0.25) is 0 Å². The molecule has 0 saturated heterocycles. The van der Waals surface area contributed by atoms with Crippen LogP contribution in [0, 0.1) is 0 Å². The van der Waals surface area contributed by atoms with Gasteiger partial charge in [0.05, 0.1) is 0 Å². The molecule has 0 aromatic heterocycles. The molecule has 19 heavy (non-hydrogen) atoms. The Hall–Kier alpha value is -2.00. The van der Waals surface area contributed by atoms with Gasteiger partial charge in [0.25, 0.3) is 0 Å². The van der Waals surface area contributed by atoms with Gasteiger partial charge >= 0.3 is 30.2 Å². The Morgan fingerprint density at radius 2 is 1.42 bits per heavy atom. The summed E-state index contributed by atoms with van der Waals surface area (Å²) in [4.78, 5) is 19.1. The Balaban J connectivity index is 0. The van der Waals surface area contributed by atoms with Crippen molar-refractivity contribution in [2.45, 2.75) is 18.3 Å². The lowest BCUT2D eigenvalue weighted by atomic mass is 10.0. The number of halogens is 6. The monoisotopic (exact) mass is 294 g/mol. The lowest BCUT2D eigenvalue weighted by molar-refractivity contribution is -0.247. The number of aliphatic carboxylic acids is 2. The van der Waals surface area contributed by atoms with Crippen LogP contribution in [0.25, 0.3) is 0 Å². The van der Waals surface area contributed by atoms with Gasteiger partial charge in [-0.25, -0.2) is 18.4 Å². The van der Waals surface area contributed by atoms with Crippen LogP contribution >= 0.6 is 0 Å². The van der Waals surface area contributed by atoms with Gasteiger partial charge in [-0.05, 0) is 0 Å². The minimum absolute atomic E-state index is 0.833. The van der Waals surface area contributed by atoms with Crippen molar-refractivity contribution in [3.05, 3.63) is 24.8 Å². The molecule has 0 radical (unpaired) electrons. The van der Waals surface area contributed by atoms with E-state index in [1.54, 1.807) is 0 Å². The number of rotatable bonds is 5. The van der Waals surface area contributed by atoms with Crippen molar-refractivity contribution >= 4 is 11.9 Å². The van der Waals surface area contributed by atoms with Crippen LogP contribution in [0.3, 0.4) is 0 Å². The van der Waals surface area contributed by atoms with Crippen LogP contribution < -0.4 is 0 Å². The van der Waals surface area contributed by atoms with Crippen LogP contribution in [0.1, 0.15) is 0 Å². The molecule has 0 saturated carbocycles. The number of carboxylic acids is 2. The third kappa shape index (κ3) is 5.02. The van der Waals surface area contributed by atoms with Gasteiger partial charge in [0.15, 0.2) is 0 Å².